The van der Waals surface area contributed by atoms with Crippen LogP contribution in [0.2, 0.25) is 0 Å². The van der Waals surface area contributed by atoms with E-state index < -0.39 is 41.3 Å². The van der Waals surface area contributed by atoms with Gasteiger partial charge in [-0.05, 0) is 41.6 Å². The Morgan fingerprint density at radius 1 is 1.21 bits per heavy atom. The predicted molar refractivity (Wildman–Crippen MR) is 158 cm³/mol. The first-order valence-electron chi connectivity index (χ1n) is 12.5. The molecule has 0 saturated carbocycles. The van der Waals surface area contributed by atoms with Gasteiger partial charge in [0, 0.05) is 16.4 Å². The number of thiophene rings is 1. The third kappa shape index (κ3) is 6.56. The van der Waals surface area contributed by atoms with Gasteiger partial charge in [0.15, 0.2) is 4.34 Å². The number of aromatic nitrogens is 2. The molecule has 1 fully saturated rings. The lowest BCUT2D eigenvalue weighted by atomic mass is 10.0. The molecule has 0 bridgehead atoms. The van der Waals surface area contributed by atoms with Crippen LogP contribution in [0.1, 0.15) is 21.5 Å². The maximum atomic E-state index is 13.4. The Labute approximate surface area is 256 Å². The number of aryl methyl sites for hydroxylation is 1. The van der Waals surface area contributed by atoms with E-state index >= 15 is 0 Å². The SMILES string of the molecule is COc1ccc(COC(=O)NC(C(=O)N[C@@H]2C(=O)N3C(C(=O)O)=C(CSc4nnc(C)s4)CSC23)c2cccs2)cc1. The number of benzene rings is 1. The minimum Gasteiger partial charge on any atom is -0.497 e. The van der Waals surface area contributed by atoms with Crippen LogP contribution in [0.15, 0.2) is 57.4 Å². The number of thioether (sulfide) groups is 2. The molecule has 0 spiro atoms. The maximum absolute atomic E-state index is 13.4. The van der Waals surface area contributed by atoms with Crippen molar-refractivity contribution in [2.75, 3.05) is 18.6 Å². The summed E-state index contributed by atoms with van der Waals surface area (Å²) in [6, 6.07) is 8.37. The minimum absolute atomic E-state index is 0.0209. The number of carboxylic acids is 1. The lowest BCUT2D eigenvalue weighted by Gasteiger charge is -2.49. The first-order valence-corrected chi connectivity index (χ1v) is 16.2. The maximum Gasteiger partial charge on any atom is 0.408 e. The summed E-state index contributed by atoms with van der Waals surface area (Å²) in [5.41, 5.74) is 1.26. The van der Waals surface area contributed by atoms with Gasteiger partial charge in [0.05, 0.1) is 7.11 Å². The van der Waals surface area contributed by atoms with Crippen molar-refractivity contribution in [1.82, 2.24) is 25.7 Å². The number of ether oxygens (including phenoxy) is 2. The highest BCUT2D eigenvalue weighted by molar-refractivity contribution is 8.01. The van der Waals surface area contributed by atoms with Gasteiger partial charge in [-0.25, -0.2) is 9.59 Å². The highest BCUT2D eigenvalue weighted by Crippen LogP contribution is 2.42. The Morgan fingerprint density at radius 2 is 2.00 bits per heavy atom. The molecule has 2 unspecified atom stereocenters. The number of carboxylic acid groups (broad SMARTS) is 1. The van der Waals surface area contributed by atoms with Crippen LogP contribution in [0.4, 0.5) is 4.79 Å². The molecule has 2 aliphatic rings. The van der Waals surface area contributed by atoms with E-state index in [-0.39, 0.29) is 12.3 Å². The van der Waals surface area contributed by atoms with Crippen molar-refractivity contribution in [3.63, 3.8) is 0 Å². The van der Waals surface area contributed by atoms with Gasteiger partial charge in [-0.15, -0.1) is 33.3 Å². The fourth-order valence-corrected chi connectivity index (χ4v) is 8.34. The zero-order valence-electron chi connectivity index (χ0n) is 22.3. The lowest BCUT2D eigenvalue weighted by molar-refractivity contribution is -0.151. The van der Waals surface area contributed by atoms with Crippen molar-refractivity contribution >= 4 is 70.1 Å². The molecule has 3 N–H and O–H groups in total. The normalized spacial score (nSPS) is 18.5. The number of nitrogens with zero attached hydrogens (tertiary/aromatic N) is 3. The fourth-order valence-electron chi connectivity index (χ4n) is 4.27. The van der Waals surface area contributed by atoms with Crippen molar-refractivity contribution in [3.8, 4) is 5.75 Å². The van der Waals surface area contributed by atoms with E-state index in [0.29, 0.717) is 32.0 Å². The second-order valence-electron chi connectivity index (χ2n) is 9.05. The molecular weight excluding hydrogens is 623 g/mol. The molecule has 0 radical (unpaired) electrons. The number of hydrogen-bond acceptors (Lipinski definition) is 12. The van der Waals surface area contributed by atoms with Gasteiger partial charge < -0.3 is 25.2 Å². The highest BCUT2D eigenvalue weighted by atomic mass is 32.2. The molecular formula is C26H25N5O7S4. The van der Waals surface area contributed by atoms with E-state index in [1.54, 1.807) is 48.9 Å². The number of methoxy groups -OCH3 is 1. The van der Waals surface area contributed by atoms with Crippen LogP contribution in [0.25, 0.3) is 0 Å². The number of β-lactam (4-membered cyclic amide) rings is 1. The van der Waals surface area contributed by atoms with Crippen LogP contribution in [0.3, 0.4) is 0 Å². The van der Waals surface area contributed by atoms with Crippen LogP contribution >= 0.6 is 46.2 Å². The summed E-state index contributed by atoms with van der Waals surface area (Å²) in [7, 11) is 1.55. The number of aliphatic carboxylic acids is 1. The van der Waals surface area contributed by atoms with Crippen LogP contribution in [0, 0.1) is 6.92 Å². The van der Waals surface area contributed by atoms with Gasteiger partial charge in [0.1, 0.15) is 40.5 Å². The molecule has 12 nitrogen and oxygen atoms in total. The van der Waals surface area contributed by atoms with Gasteiger partial charge in [-0.2, -0.15) is 0 Å². The van der Waals surface area contributed by atoms with Crippen molar-refractivity contribution in [1.29, 1.82) is 0 Å². The molecule has 3 atom stereocenters. The summed E-state index contributed by atoms with van der Waals surface area (Å²) < 4.78 is 11.2. The van der Waals surface area contributed by atoms with E-state index in [9.17, 15) is 24.3 Å². The standard InChI is InChI=1S/C26H25N5O7S4/c1-13-29-30-26(42-13)41-12-15-11-40-23-19(22(33)31(23)20(15)24(34)35)27-21(32)18(17-4-3-9-39-17)28-25(36)38-10-14-5-7-16(37-2)8-6-14/h3-9,18-19,23H,10-12H2,1-2H3,(H,27,32)(H,28,36)(H,34,35)/t18?,19-,23?/m1/s1. The molecule has 1 aromatic carbocycles. The smallest absolute Gasteiger partial charge is 0.408 e. The van der Waals surface area contributed by atoms with Crippen LogP contribution < -0.4 is 15.4 Å². The molecule has 4 heterocycles. The average Bonchev–Trinajstić information content (AvgIpc) is 3.68. The van der Waals surface area contributed by atoms with E-state index in [1.807, 2.05) is 6.92 Å². The van der Waals surface area contributed by atoms with E-state index in [4.69, 9.17) is 9.47 Å². The summed E-state index contributed by atoms with van der Waals surface area (Å²) >= 11 is 5.41. The van der Waals surface area contributed by atoms with E-state index in [1.165, 1.54) is 51.1 Å². The minimum atomic E-state index is -1.21. The fraction of sp³-hybridized carbons (Fsp3) is 0.308. The number of carbonyl (C=O) groups is 4. The van der Waals surface area contributed by atoms with Crippen LogP contribution in [-0.2, 0) is 25.7 Å². The van der Waals surface area contributed by atoms with Gasteiger partial charge in [-0.3, -0.25) is 14.5 Å². The van der Waals surface area contributed by atoms with E-state index in [2.05, 4.69) is 20.8 Å². The van der Waals surface area contributed by atoms with Crippen molar-refractivity contribution < 1.29 is 33.8 Å². The Kier molecular flexibility index (Phi) is 9.35. The first-order chi connectivity index (χ1) is 20.2. The molecule has 42 heavy (non-hydrogen) atoms. The summed E-state index contributed by atoms with van der Waals surface area (Å²) in [6.07, 6.45) is -0.808. The first kappa shape index (κ1) is 29.9. The molecule has 1 saturated heterocycles. The molecule has 16 heteroatoms. The molecule has 0 aliphatic carbocycles. The second kappa shape index (κ2) is 13.1. The average molecular weight is 648 g/mol. The zero-order valence-corrected chi connectivity index (χ0v) is 25.5. The predicted octanol–water partition coefficient (Wildman–Crippen LogP) is 3.42. The zero-order chi connectivity index (χ0) is 29.8. The Bertz CT molecular complexity index is 1510. The molecule has 2 aromatic heterocycles. The summed E-state index contributed by atoms with van der Waals surface area (Å²) in [4.78, 5) is 53.1. The number of amides is 3. The number of carbonyl (C=O) groups excluding carboxylic acids is 3. The van der Waals surface area contributed by atoms with Crippen molar-refractivity contribution in [2.45, 2.75) is 35.3 Å². The van der Waals surface area contributed by atoms with Crippen molar-refractivity contribution in [3.05, 3.63) is 68.5 Å². The largest absolute Gasteiger partial charge is 0.497 e. The van der Waals surface area contributed by atoms with Crippen LogP contribution in [0.5, 0.6) is 5.75 Å². The Balaban J connectivity index is 1.23. The van der Waals surface area contributed by atoms with Gasteiger partial charge in [0.2, 0.25) is 5.91 Å². The quantitative estimate of drug-likeness (QED) is 0.207. The van der Waals surface area contributed by atoms with Crippen molar-refractivity contribution in [2.24, 2.45) is 0 Å². The highest BCUT2D eigenvalue weighted by Gasteiger charge is 2.54. The third-order valence-electron chi connectivity index (χ3n) is 6.31. The monoisotopic (exact) mass is 647 g/mol. The number of rotatable bonds is 11. The number of nitrogens with one attached hydrogen (secondary N) is 2. The molecule has 220 valence electrons. The number of alkyl carbamates (subject to hydrolysis) is 1. The van der Waals surface area contributed by atoms with Crippen LogP contribution in [-0.4, -0.2) is 74.1 Å². The second-order valence-corrected chi connectivity index (χ2v) is 13.5. The lowest BCUT2D eigenvalue weighted by Crippen LogP contribution is -2.71. The topological polar surface area (TPSA) is 160 Å². The number of hydrogen-bond donors (Lipinski definition) is 3. The number of fused-ring (bicyclic) bond motifs is 1. The summed E-state index contributed by atoms with van der Waals surface area (Å²) in [5.74, 6) is -0.954. The van der Waals surface area contributed by atoms with Gasteiger partial charge in [-0.1, -0.05) is 41.3 Å². The molecule has 5 rings (SSSR count). The molecule has 2 aliphatic heterocycles. The third-order valence-corrected chi connectivity index (χ3v) is 10.6. The Morgan fingerprint density at radius 3 is 2.64 bits per heavy atom. The van der Waals surface area contributed by atoms with Gasteiger partial charge in [0.25, 0.3) is 5.91 Å². The molecule has 3 aromatic rings. The summed E-state index contributed by atoms with van der Waals surface area (Å²) in [5, 5.41) is 25.2. The Hall–Kier alpha value is -3.60. The van der Waals surface area contributed by atoms with Gasteiger partial charge >= 0.3 is 12.1 Å². The van der Waals surface area contributed by atoms with E-state index in [0.717, 1.165) is 10.6 Å². The summed E-state index contributed by atoms with van der Waals surface area (Å²) in [6.45, 7) is 1.81. The molecule has 3 amide bonds.